The maximum Gasteiger partial charge on any atom is 0.275 e. The van der Waals surface area contributed by atoms with E-state index in [-0.39, 0.29) is 31.3 Å². The van der Waals surface area contributed by atoms with Crippen LogP contribution in [0.1, 0.15) is 50.6 Å². The van der Waals surface area contributed by atoms with Gasteiger partial charge in [-0.3, -0.25) is 4.79 Å². The quantitative estimate of drug-likeness (QED) is 0.599. The predicted molar refractivity (Wildman–Crippen MR) is 102 cm³/mol. The van der Waals surface area contributed by atoms with Gasteiger partial charge < -0.3 is 14.8 Å². The maximum absolute atomic E-state index is 12.2. The SMILES string of the molecule is CC(NCC(=O)C[P+](O)(O)CC1CCCCC1)c1ccc2c(c1)OCO2. The van der Waals surface area contributed by atoms with Crippen molar-refractivity contribution >= 4 is 13.5 Å². The summed E-state index contributed by atoms with van der Waals surface area (Å²) in [4.78, 5) is 32.8. The highest BCUT2D eigenvalue weighted by Gasteiger charge is 2.39. The van der Waals surface area contributed by atoms with Crippen molar-refractivity contribution in [2.75, 3.05) is 25.7 Å². The van der Waals surface area contributed by atoms with Gasteiger partial charge in [0.2, 0.25) is 6.79 Å². The largest absolute Gasteiger partial charge is 0.454 e. The molecule has 3 rings (SSSR count). The van der Waals surface area contributed by atoms with Gasteiger partial charge >= 0.3 is 0 Å². The molecule has 26 heavy (non-hydrogen) atoms. The summed E-state index contributed by atoms with van der Waals surface area (Å²) < 4.78 is 10.7. The first kappa shape index (κ1) is 19.6. The van der Waals surface area contributed by atoms with Crippen LogP contribution in [-0.2, 0) is 4.79 Å². The number of benzene rings is 1. The third kappa shape index (κ3) is 5.40. The number of carbonyl (C=O) groups excluding carboxylic acids is 1. The first-order chi connectivity index (χ1) is 12.4. The van der Waals surface area contributed by atoms with Gasteiger partial charge in [0.15, 0.2) is 23.4 Å². The van der Waals surface area contributed by atoms with Crippen LogP contribution in [0.4, 0.5) is 0 Å². The minimum Gasteiger partial charge on any atom is -0.454 e. The number of rotatable bonds is 8. The lowest BCUT2D eigenvalue weighted by molar-refractivity contribution is -0.116. The van der Waals surface area contributed by atoms with E-state index in [1.54, 1.807) is 0 Å². The van der Waals surface area contributed by atoms with E-state index in [0.717, 1.165) is 37.0 Å². The fourth-order valence-corrected chi connectivity index (χ4v) is 5.75. The van der Waals surface area contributed by atoms with E-state index in [1.165, 1.54) is 6.42 Å². The standard InChI is InChI=1S/C19H29NO5P/c1-14(16-7-8-18-19(9-16)25-13-24-18)20-10-17(21)12-26(22,23)11-15-5-3-2-4-6-15/h7-9,14-15,20,22-23H,2-6,10-13H2,1H3/q+1. The van der Waals surface area contributed by atoms with E-state index in [9.17, 15) is 14.6 Å². The highest BCUT2D eigenvalue weighted by molar-refractivity contribution is 7.65. The fourth-order valence-electron chi connectivity index (χ4n) is 3.75. The van der Waals surface area contributed by atoms with Crippen LogP contribution < -0.4 is 14.8 Å². The molecule has 6 nitrogen and oxygen atoms in total. The molecule has 1 saturated carbocycles. The van der Waals surface area contributed by atoms with E-state index in [0.29, 0.717) is 17.8 Å². The first-order valence-corrected chi connectivity index (χ1v) is 11.5. The number of hydrogen-bond acceptors (Lipinski definition) is 6. The van der Waals surface area contributed by atoms with Crippen LogP contribution in [0.25, 0.3) is 0 Å². The lowest BCUT2D eigenvalue weighted by atomic mass is 9.91. The summed E-state index contributed by atoms with van der Waals surface area (Å²) >= 11 is 0. The van der Waals surface area contributed by atoms with E-state index < -0.39 is 7.72 Å². The number of hydrogen-bond donors (Lipinski definition) is 3. The third-order valence-electron chi connectivity index (χ3n) is 5.21. The molecule has 0 bridgehead atoms. The zero-order valence-electron chi connectivity index (χ0n) is 15.3. The average Bonchev–Trinajstić information content (AvgIpc) is 3.07. The van der Waals surface area contributed by atoms with Crippen LogP contribution in [0.2, 0.25) is 0 Å². The van der Waals surface area contributed by atoms with Crippen molar-refractivity contribution in [1.29, 1.82) is 0 Å². The Hall–Kier alpha value is -1.20. The molecule has 0 amide bonds. The molecule has 1 aromatic rings. The second-order valence-electron chi connectivity index (χ2n) is 7.48. The molecule has 3 N–H and O–H groups in total. The van der Waals surface area contributed by atoms with E-state index in [1.807, 2.05) is 25.1 Å². The fraction of sp³-hybridized carbons (Fsp3) is 0.632. The normalized spacial score (nSPS) is 18.7. The molecule has 0 spiro atoms. The molecule has 144 valence electrons. The van der Waals surface area contributed by atoms with Crippen molar-refractivity contribution in [3.63, 3.8) is 0 Å². The Morgan fingerprint density at radius 3 is 2.73 bits per heavy atom. The molecule has 1 fully saturated rings. The summed E-state index contributed by atoms with van der Waals surface area (Å²) in [5.74, 6) is 1.66. The Morgan fingerprint density at radius 2 is 1.96 bits per heavy atom. The van der Waals surface area contributed by atoms with Crippen molar-refractivity contribution in [3.8, 4) is 11.5 Å². The smallest absolute Gasteiger partial charge is 0.275 e. The van der Waals surface area contributed by atoms with Crippen LogP contribution in [0, 0.1) is 5.92 Å². The van der Waals surface area contributed by atoms with Gasteiger partial charge in [0, 0.05) is 6.04 Å². The van der Waals surface area contributed by atoms with Crippen LogP contribution in [0.3, 0.4) is 0 Å². The second-order valence-corrected chi connectivity index (χ2v) is 9.92. The minimum absolute atomic E-state index is 0.0445. The lowest BCUT2D eigenvalue weighted by Crippen LogP contribution is -2.29. The maximum atomic E-state index is 12.2. The zero-order valence-corrected chi connectivity index (χ0v) is 16.2. The van der Waals surface area contributed by atoms with Crippen molar-refractivity contribution < 1.29 is 24.1 Å². The lowest BCUT2D eigenvalue weighted by Gasteiger charge is -2.23. The monoisotopic (exact) mass is 382 g/mol. The number of carbonyl (C=O) groups is 1. The molecule has 0 aromatic heterocycles. The molecular weight excluding hydrogens is 353 g/mol. The molecule has 1 aliphatic heterocycles. The Balaban J connectivity index is 1.45. The van der Waals surface area contributed by atoms with Gasteiger partial charge in [-0.25, -0.2) is 9.79 Å². The predicted octanol–water partition coefficient (Wildman–Crippen LogP) is 3.05. The summed E-state index contributed by atoms with van der Waals surface area (Å²) in [5.41, 5.74) is 0.998. The van der Waals surface area contributed by atoms with Gasteiger partial charge in [-0.1, -0.05) is 25.3 Å². The molecule has 1 unspecified atom stereocenters. The first-order valence-electron chi connectivity index (χ1n) is 9.40. The molecular formula is C19H29NO5P+. The summed E-state index contributed by atoms with van der Waals surface area (Å²) in [6, 6.07) is 5.66. The van der Waals surface area contributed by atoms with Crippen LogP contribution in [0.15, 0.2) is 18.2 Å². The number of fused-ring (bicyclic) bond motifs is 1. The summed E-state index contributed by atoms with van der Waals surface area (Å²) in [5, 5.41) is 3.17. The minimum atomic E-state index is -3.14. The van der Waals surface area contributed by atoms with E-state index in [4.69, 9.17) is 9.47 Å². The molecule has 0 saturated heterocycles. The van der Waals surface area contributed by atoms with Gasteiger partial charge in [0.05, 0.1) is 6.54 Å². The van der Waals surface area contributed by atoms with Crippen molar-refractivity contribution in [3.05, 3.63) is 23.8 Å². The topological polar surface area (TPSA) is 88.0 Å². The number of Topliss-reactive ketones (excluding diaryl/α,β-unsaturated/α-hetero) is 1. The molecule has 1 aromatic carbocycles. The zero-order chi connectivity index (χ0) is 18.6. The highest BCUT2D eigenvalue weighted by atomic mass is 31.2. The Morgan fingerprint density at radius 1 is 1.23 bits per heavy atom. The summed E-state index contributed by atoms with van der Waals surface area (Å²) in [7, 11) is -3.14. The van der Waals surface area contributed by atoms with E-state index in [2.05, 4.69) is 5.32 Å². The van der Waals surface area contributed by atoms with Gasteiger partial charge in [-0.15, -0.1) is 0 Å². The van der Waals surface area contributed by atoms with Crippen LogP contribution in [-0.4, -0.2) is 41.2 Å². The number of ether oxygens (including phenoxy) is 2. The van der Waals surface area contributed by atoms with Crippen molar-refractivity contribution in [1.82, 2.24) is 5.32 Å². The molecule has 1 heterocycles. The van der Waals surface area contributed by atoms with Crippen LogP contribution in [0.5, 0.6) is 11.5 Å². The van der Waals surface area contributed by atoms with Crippen LogP contribution >= 0.6 is 7.72 Å². The Kier molecular flexibility index (Phi) is 6.51. The number of nitrogens with one attached hydrogen (secondary N) is 1. The van der Waals surface area contributed by atoms with Gasteiger partial charge in [0.1, 0.15) is 6.16 Å². The molecule has 2 aliphatic rings. The molecule has 0 radical (unpaired) electrons. The molecule has 7 heteroatoms. The Bertz CT molecular complexity index is 630. The highest BCUT2D eigenvalue weighted by Crippen LogP contribution is 2.53. The second kappa shape index (κ2) is 8.66. The number of ketones is 1. The Labute approximate surface area is 155 Å². The van der Waals surface area contributed by atoms with Gasteiger partial charge in [0.25, 0.3) is 7.72 Å². The van der Waals surface area contributed by atoms with Crippen molar-refractivity contribution in [2.24, 2.45) is 5.92 Å². The van der Waals surface area contributed by atoms with Gasteiger partial charge in [-0.05, 0) is 43.4 Å². The summed E-state index contributed by atoms with van der Waals surface area (Å²) in [6.07, 6.45) is 5.94. The van der Waals surface area contributed by atoms with Gasteiger partial charge in [-0.2, -0.15) is 0 Å². The van der Waals surface area contributed by atoms with Crippen molar-refractivity contribution in [2.45, 2.75) is 45.1 Å². The summed E-state index contributed by atoms with van der Waals surface area (Å²) in [6.45, 7) is 2.33. The molecule has 1 aliphatic carbocycles. The van der Waals surface area contributed by atoms with E-state index >= 15 is 0 Å². The average molecular weight is 382 g/mol. The third-order valence-corrected chi connectivity index (χ3v) is 7.17. The molecule has 1 atom stereocenters.